The zero-order valence-corrected chi connectivity index (χ0v) is 10.8. The van der Waals surface area contributed by atoms with Crippen LogP contribution in [0.3, 0.4) is 0 Å². The van der Waals surface area contributed by atoms with E-state index in [0.29, 0.717) is 12.8 Å². The summed E-state index contributed by atoms with van der Waals surface area (Å²) >= 11 is 0. The van der Waals surface area contributed by atoms with Crippen molar-refractivity contribution in [3.63, 3.8) is 0 Å². The molecule has 0 spiro atoms. The van der Waals surface area contributed by atoms with Crippen LogP contribution in [-0.2, 0) is 0 Å². The van der Waals surface area contributed by atoms with Gasteiger partial charge in [-0.25, -0.2) is 8.78 Å². The summed E-state index contributed by atoms with van der Waals surface area (Å²) in [5.41, 5.74) is -1.08. The summed E-state index contributed by atoms with van der Waals surface area (Å²) < 4.78 is 26.9. The number of carbonyl (C=O) groups excluding carboxylic acids is 1. The lowest BCUT2D eigenvalue weighted by Gasteiger charge is -2.22. The fraction of sp³-hybridized carbons (Fsp3) is 0.500. The van der Waals surface area contributed by atoms with Crippen molar-refractivity contribution in [2.24, 2.45) is 0 Å². The molecule has 1 aromatic carbocycles. The van der Waals surface area contributed by atoms with Crippen LogP contribution in [0.1, 0.15) is 41.6 Å². The van der Waals surface area contributed by atoms with E-state index in [1.807, 2.05) is 0 Å². The molecule has 1 aliphatic rings. The Morgan fingerprint density at radius 2 is 1.95 bits per heavy atom. The number of aryl methyl sites for hydroxylation is 1. The van der Waals surface area contributed by atoms with Gasteiger partial charge in [-0.15, -0.1) is 0 Å². The number of carbonyl (C=O) groups is 1. The maximum absolute atomic E-state index is 13.6. The third kappa shape index (κ3) is 3.10. The van der Waals surface area contributed by atoms with E-state index in [9.17, 15) is 18.7 Å². The van der Waals surface area contributed by atoms with Crippen molar-refractivity contribution in [1.82, 2.24) is 5.32 Å². The first-order chi connectivity index (χ1) is 8.91. The zero-order chi connectivity index (χ0) is 14.0. The van der Waals surface area contributed by atoms with Crippen LogP contribution in [0.15, 0.2) is 12.1 Å². The molecule has 0 aromatic heterocycles. The summed E-state index contributed by atoms with van der Waals surface area (Å²) in [6.45, 7) is 1.50. The largest absolute Gasteiger partial charge is 0.388 e. The van der Waals surface area contributed by atoms with Crippen molar-refractivity contribution in [3.05, 3.63) is 34.9 Å². The molecule has 2 N–H and O–H groups in total. The van der Waals surface area contributed by atoms with Gasteiger partial charge in [-0.1, -0.05) is 12.8 Å². The number of hydrogen-bond donors (Lipinski definition) is 2. The fourth-order valence-corrected chi connectivity index (χ4v) is 2.37. The average molecular weight is 269 g/mol. The minimum absolute atomic E-state index is 0.0702. The van der Waals surface area contributed by atoms with Gasteiger partial charge >= 0.3 is 0 Å². The summed E-state index contributed by atoms with van der Waals surface area (Å²) in [6, 6.07) is 1.88. The molecule has 0 unspecified atom stereocenters. The molecule has 5 heteroatoms. The summed E-state index contributed by atoms with van der Waals surface area (Å²) in [4.78, 5) is 11.8. The summed E-state index contributed by atoms with van der Waals surface area (Å²) in [7, 11) is 0. The van der Waals surface area contributed by atoms with Crippen LogP contribution >= 0.6 is 0 Å². The first-order valence-corrected chi connectivity index (χ1v) is 6.37. The van der Waals surface area contributed by atoms with Crippen LogP contribution in [-0.4, -0.2) is 23.2 Å². The maximum Gasteiger partial charge on any atom is 0.254 e. The summed E-state index contributed by atoms with van der Waals surface area (Å²) in [6.07, 6.45) is 3.08. The predicted molar refractivity (Wildman–Crippen MR) is 66.8 cm³/mol. The highest BCUT2D eigenvalue weighted by molar-refractivity contribution is 5.94. The van der Waals surface area contributed by atoms with Crippen LogP contribution in [0.2, 0.25) is 0 Å². The lowest BCUT2D eigenvalue weighted by atomic mass is 10.0. The average Bonchev–Trinajstić information content (AvgIpc) is 2.78. The van der Waals surface area contributed by atoms with Gasteiger partial charge in [-0.2, -0.15) is 0 Å². The van der Waals surface area contributed by atoms with Crippen LogP contribution in [0, 0.1) is 18.6 Å². The molecule has 2 rings (SSSR count). The molecule has 0 atom stereocenters. The maximum atomic E-state index is 13.6. The Bertz CT molecular complexity index is 496. The SMILES string of the molecule is Cc1cc(F)c(C(=O)NCC2(O)CCCC2)cc1F. The number of rotatable bonds is 3. The van der Waals surface area contributed by atoms with Gasteiger partial charge < -0.3 is 10.4 Å². The molecule has 3 nitrogen and oxygen atoms in total. The van der Waals surface area contributed by atoms with Crippen molar-refractivity contribution < 1.29 is 18.7 Å². The Labute approximate surface area is 110 Å². The molecule has 1 amide bonds. The second kappa shape index (κ2) is 5.25. The molecular formula is C14H17F2NO2. The lowest BCUT2D eigenvalue weighted by Crippen LogP contribution is -2.41. The molecule has 19 heavy (non-hydrogen) atoms. The van der Waals surface area contributed by atoms with E-state index in [1.165, 1.54) is 6.92 Å². The second-order valence-corrected chi connectivity index (χ2v) is 5.20. The number of hydrogen-bond acceptors (Lipinski definition) is 2. The summed E-state index contributed by atoms with van der Waals surface area (Å²) in [5.74, 6) is -2.07. The predicted octanol–water partition coefficient (Wildman–Crippen LogP) is 2.31. The van der Waals surface area contributed by atoms with E-state index in [-0.39, 0.29) is 17.7 Å². The molecule has 0 bridgehead atoms. The van der Waals surface area contributed by atoms with Gasteiger partial charge in [-0.3, -0.25) is 4.79 Å². The smallest absolute Gasteiger partial charge is 0.254 e. The Morgan fingerprint density at radius 3 is 2.58 bits per heavy atom. The monoisotopic (exact) mass is 269 g/mol. The molecule has 1 aliphatic carbocycles. The van der Waals surface area contributed by atoms with E-state index in [2.05, 4.69) is 5.32 Å². The molecule has 104 valence electrons. The van der Waals surface area contributed by atoms with Gasteiger partial charge in [0.15, 0.2) is 0 Å². The molecule has 1 fully saturated rings. The van der Waals surface area contributed by atoms with Gasteiger partial charge in [0.2, 0.25) is 0 Å². The van der Waals surface area contributed by atoms with Crippen molar-refractivity contribution in [2.75, 3.05) is 6.54 Å². The fourth-order valence-electron chi connectivity index (χ4n) is 2.37. The molecular weight excluding hydrogens is 252 g/mol. The molecule has 0 aliphatic heterocycles. The third-order valence-electron chi connectivity index (χ3n) is 3.61. The Hall–Kier alpha value is -1.49. The van der Waals surface area contributed by atoms with Crippen molar-refractivity contribution in [2.45, 2.75) is 38.2 Å². The van der Waals surface area contributed by atoms with Gasteiger partial charge in [0.1, 0.15) is 11.6 Å². The topological polar surface area (TPSA) is 49.3 Å². The standard InChI is InChI=1S/C14H17F2NO2/c1-9-6-12(16)10(7-11(9)15)13(18)17-8-14(19)4-2-3-5-14/h6-7,19H,2-5,8H2,1H3,(H,17,18). The third-order valence-corrected chi connectivity index (χ3v) is 3.61. The molecule has 0 radical (unpaired) electrons. The van der Waals surface area contributed by atoms with Crippen molar-refractivity contribution >= 4 is 5.91 Å². The minimum atomic E-state index is -0.907. The molecule has 1 saturated carbocycles. The normalized spacial score (nSPS) is 17.5. The van der Waals surface area contributed by atoms with Crippen molar-refractivity contribution in [3.8, 4) is 0 Å². The van der Waals surface area contributed by atoms with Gasteiger partial charge in [0.05, 0.1) is 11.2 Å². The first kappa shape index (κ1) is 13.9. The first-order valence-electron chi connectivity index (χ1n) is 6.37. The minimum Gasteiger partial charge on any atom is -0.388 e. The molecule has 0 saturated heterocycles. The number of nitrogens with one attached hydrogen (secondary N) is 1. The Kier molecular flexibility index (Phi) is 3.85. The Balaban J connectivity index is 2.06. The number of halogens is 2. The lowest BCUT2D eigenvalue weighted by molar-refractivity contribution is 0.0448. The van der Waals surface area contributed by atoms with Crippen molar-refractivity contribution in [1.29, 1.82) is 0 Å². The highest BCUT2D eigenvalue weighted by Gasteiger charge is 2.31. The van der Waals surface area contributed by atoms with Gasteiger partial charge in [0.25, 0.3) is 5.91 Å². The highest BCUT2D eigenvalue weighted by atomic mass is 19.1. The molecule has 1 aromatic rings. The van der Waals surface area contributed by atoms with E-state index < -0.39 is 23.1 Å². The van der Waals surface area contributed by atoms with Crippen LogP contribution < -0.4 is 5.32 Å². The van der Waals surface area contributed by atoms with Crippen LogP contribution in [0.4, 0.5) is 8.78 Å². The Morgan fingerprint density at radius 1 is 1.32 bits per heavy atom. The number of amides is 1. The number of benzene rings is 1. The van der Waals surface area contributed by atoms with E-state index in [1.54, 1.807) is 0 Å². The van der Waals surface area contributed by atoms with Gasteiger partial charge in [0, 0.05) is 6.54 Å². The van der Waals surface area contributed by atoms with Crippen LogP contribution in [0.25, 0.3) is 0 Å². The highest BCUT2D eigenvalue weighted by Crippen LogP contribution is 2.28. The quantitative estimate of drug-likeness (QED) is 0.884. The number of aliphatic hydroxyl groups is 1. The van der Waals surface area contributed by atoms with E-state index in [4.69, 9.17) is 0 Å². The van der Waals surface area contributed by atoms with Gasteiger partial charge in [-0.05, 0) is 37.5 Å². The van der Waals surface area contributed by atoms with Crippen LogP contribution in [0.5, 0.6) is 0 Å². The van der Waals surface area contributed by atoms with E-state index >= 15 is 0 Å². The summed E-state index contributed by atoms with van der Waals surface area (Å²) in [5, 5.41) is 12.5. The zero-order valence-electron chi connectivity index (χ0n) is 10.8. The second-order valence-electron chi connectivity index (χ2n) is 5.20. The van der Waals surface area contributed by atoms with E-state index in [0.717, 1.165) is 25.0 Å². The molecule has 0 heterocycles.